The molecule has 0 N–H and O–H groups in total. The first kappa shape index (κ1) is 13.5. The fourth-order valence-electron chi connectivity index (χ4n) is 0.908. The second-order valence-electron chi connectivity index (χ2n) is 2.70. The summed E-state index contributed by atoms with van der Waals surface area (Å²) in [5, 5.41) is 0. The van der Waals surface area contributed by atoms with Crippen LogP contribution in [0.1, 0.15) is 11.7 Å². The number of hydrogen-bond acceptors (Lipinski definition) is 1. The molecule has 1 aromatic rings. The number of allylic oxidation sites excluding steroid dienone is 2. The van der Waals surface area contributed by atoms with Crippen LogP contribution in [0.15, 0.2) is 55.6 Å². The summed E-state index contributed by atoms with van der Waals surface area (Å²) < 4.78 is 5.09. The van der Waals surface area contributed by atoms with Gasteiger partial charge < -0.3 is 4.74 Å². The van der Waals surface area contributed by atoms with Gasteiger partial charge in [-0.05, 0) is 5.56 Å². The summed E-state index contributed by atoms with van der Waals surface area (Å²) in [7, 11) is 0. The molecule has 74 valence electrons. The van der Waals surface area contributed by atoms with Crippen LogP contribution < -0.4 is 0 Å². The molecular formula is C12H16OSn. The summed E-state index contributed by atoms with van der Waals surface area (Å²) in [6.45, 7) is 7.63. The van der Waals surface area contributed by atoms with Gasteiger partial charge in [-0.2, -0.15) is 0 Å². The van der Waals surface area contributed by atoms with Gasteiger partial charge in [-0.3, -0.25) is 0 Å². The standard InChI is InChI=1S/C8H8O.C4H6.Sn.2H/c1-2-4-7(5-3-1)8-6-9-8;1-3-4-2;;;/h1-5,8H,6H2;3-4H,1-2H2;;;. The molecule has 1 fully saturated rings. The Bertz CT molecular complexity index is 259. The molecule has 1 saturated heterocycles. The van der Waals surface area contributed by atoms with Crippen LogP contribution in [0.4, 0.5) is 0 Å². The van der Waals surface area contributed by atoms with Crippen molar-refractivity contribution in [1.29, 1.82) is 0 Å². The SMILES string of the molecule is C=CC=C.[SnH2].c1ccc(C2CO2)cc1. The van der Waals surface area contributed by atoms with Crippen LogP contribution in [0.2, 0.25) is 0 Å². The third-order valence-corrected chi connectivity index (χ3v) is 1.67. The van der Waals surface area contributed by atoms with Gasteiger partial charge in [-0.25, -0.2) is 0 Å². The molecule has 0 aromatic heterocycles. The Labute approximate surface area is 102 Å². The molecule has 0 bridgehead atoms. The van der Waals surface area contributed by atoms with Crippen molar-refractivity contribution in [2.24, 2.45) is 0 Å². The maximum Gasteiger partial charge on any atom is 0.106 e. The monoisotopic (exact) mass is 296 g/mol. The van der Waals surface area contributed by atoms with Gasteiger partial charge >= 0.3 is 23.9 Å². The van der Waals surface area contributed by atoms with Gasteiger partial charge in [-0.15, -0.1) is 0 Å². The van der Waals surface area contributed by atoms with Gasteiger partial charge in [-0.1, -0.05) is 55.6 Å². The zero-order valence-electron chi connectivity index (χ0n) is 8.36. The molecule has 0 saturated carbocycles. The number of rotatable bonds is 2. The summed E-state index contributed by atoms with van der Waals surface area (Å²) in [4.78, 5) is 0. The van der Waals surface area contributed by atoms with Crippen LogP contribution in [0.5, 0.6) is 0 Å². The van der Waals surface area contributed by atoms with Crippen LogP contribution in [-0.2, 0) is 4.74 Å². The maximum atomic E-state index is 5.09. The Morgan fingerprint density at radius 2 is 1.64 bits per heavy atom. The Morgan fingerprint density at radius 3 is 2.00 bits per heavy atom. The van der Waals surface area contributed by atoms with E-state index in [1.807, 2.05) is 18.2 Å². The smallest absolute Gasteiger partial charge is 0.106 e. The first-order valence-electron chi connectivity index (χ1n) is 4.28. The number of epoxide rings is 1. The topological polar surface area (TPSA) is 12.5 Å². The maximum absolute atomic E-state index is 5.09. The normalized spacial score (nSPS) is 16.7. The molecule has 14 heavy (non-hydrogen) atoms. The predicted molar refractivity (Wildman–Crippen MR) is 64.1 cm³/mol. The van der Waals surface area contributed by atoms with Crippen molar-refractivity contribution in [3.8, 4) is 0 Å². The van der Waals surface area contributed by atoms with Gasteiger partial charge in [0.1, 0.15) is 6.10 Å². The Kier molecular flexibility index (Phi) is 7.52. The van der Waals surface area contributed by atoms with E-state index in [9.17, 15) is 0 Å². The van der Waals surface area contributed by atoms with Crippen molar-refractivity contribution in [3.05, 3.63) is 61.2 Å². The average molecular weight is 295 g/mol. The predicted octanol–water partition coefficient (Wildman–Crippen LogP) is 2.20. The van der Waals surface area contributed by atoms with Crippen LogP contribution in [0.3, 0.4) is 0 Å². The molecule has 1 aliphatic heterocycles. The molecule has 2 radical (unpaired) electrons. The minimum Gasteiger partial charge on any atom is -0.368 e. The first-order valence-corrected chi connectivity index (χ1v) is 4.28. The van der Waals surface area contributed by atoms with Crippen molar-refractivity contribution in [1.82, 2.24) is 0 Å². The molecule has 0 amide bonds. The average Bonchev–Trinajstić information content (AvgIpc) is 3.03. The largest absolute Gasteiger partial charge is 0.368 e. The van der Waals surface area contributed by atoms with Crippen LogP contribution >= 0.6 is 0 Å². The molecule has 1 atom stereocenters. The second kappa shape index (κ2) is 7.83. The minimum absolute atomic E-state index is 0. The van der Waals surface area contributed by atoms with E-state index in [2.05, 4.69) is 25.3 Å². The summed E-state index contributed by atoms with van der Waals surface area (Å²) in [5.41, 5.74) is 1.30. The van der Waals surface area contributed by atoms with Crippen LogP contribution in [-0.4, -0.2) is 30.5 Å². The quantitative estimate of drug-likeness (QED) is 0.463. The van der Waals surface area contributed by atoms with E-state index >= 15 is 0 Å². The van der Waals surface area contributed by atoms with Crippen molar-refractivity contribution in [2.45, 2.75) is 6.10 Å². The summed E-state index contributed by atoms with van der Waals surface area (Å²) in [6.07, 6.45) is 3.69. The molecule has 2 rings (SSSR count). The Hall–Kier alpha value is -0.541. The van der Waals surface area contributed by atoms with Gasteiger partial charge in [0.15, 0.2) is 0 Å². The number of benzene rings is 1. The van der Waals surface area contributed by atoms with Crippen molar-refractivity contribution < 1.29 is 4.74 Å². The van der Waals surface area contributed by atoms with E-state index in [0.717, 1.165) is 6.61 Å². The second-order valence-corrected chi connectivity index (χ2v) is 2.70. The zero-order chi connectivity index (χ0) is 9.52. The van der Waals surface area contributed by atoms with E-state index in [-0.39, 0.29) is 23.9 Å². The molecule has 1 heterocycles. The molecule has 1 nitrogen and oxygen atoms in total. The fourth-order valence-corrected chi connectivity index (χ4v) is 0.908. The molecule has 0 spiro atoms. The molecule has 2 heteroatoms. The number of ether oxygens (including phenoxy) is 1. The Balaban J connectivity index is 0.000000299. The Morgan fingerprint density at radius 1 is 1.14 bits per heavy atom. The third kappa shape index (κ3) is 5.24. The fraction of sp³-hybridized carbons (Fsp3) is 0.167. The van der Waals surface area contributed by atoms with E-state index in [1.54, 1.807) is 12.2 Å². The summed E-state index contributed by atoms with van der Waals surface area (Å²) in [5.74, 6) is 0. The summed E-state index contributed by atoms with van der Waals surface area (Å²) >= 11 is 0. The van der Waals surface area contributed by atoms with E-state index < -0.39 is 0 Å². The number of hydrogen-bond donors (Lipinski definition) is 0. The first-order chi connectivity index (χ1) is 6.38. The third-order valence-electron chi connectivity index (χ3n) is 1.67. The van der Waals surface area contributed by atoms with E-state index in [1.165, 1.54) is 5.56 Å². The van der Waals surface area contributed by atoms with Gasteiger partial charge in [0.05, 0.1) is 6.61 Å². The summed E-state index contributed by atoms with van der Waals surface area (Å²) in [6, 6.07) is 10.3. The van der Waals surface area contributed by atoms with E-state index in [4.69, 9.17) is 4.74 Å². The van der Waals surface area contributed by atoms with Gasteiger partial charge in [0, 0.05) is 0 Å². The van der Waals surface area contributed by atoms with Crippen molar-refractivity contribution >= 4 is 23.9 Å². The molecule has 0 aliphatic carbocycles. The van der Waals surface area contributed by atoms with Crippen LogP contribution in [0.25, 0.3) is 0 Å². The molecule has 1 aliphatic rings. The van der Waals surface area contributed by atoms with Crippen molar-refractivity contribution in [2.75, 3.05) is 6.61 Å². The van der Waals surface area contributed by atoms with Gasteiger partial charge in [0.25, 0.3) is 0 Å². The zero-order valence-corrected chi connectivity index (χ0v) is 12.4. The molecule has 1 unspecified atom stereocenters. The van der Waals surface area contributed by atoms with E-state index in [0.29, 0.717) is 6.10 Å². The minimum atomic E-state index is 0. The van der Waals surface area contributed by atoms with Gasteiger partial charge in [0.2, 0.25) is 0 Å². The van der Waals surface area contributed by atoms with Crippen molar-refractivity contribution in [3.63, 3.8) is 0 Å². The van der Waals surface area contributed by atoms with Crippen LogP contribution in [0, 0.1) is 0 Å². The molecule has 1 aromatic carbocycles. The molecular weight excluding hydrogens is 279 g/mol.